The van der Waals surface area contributed by atoms with Gasteiger partial charge in [-0.25, -0.2) is 4.39 Å². The fraction of sp³-hybridized carbons (Fsp3) is 0.333. The zero-order valence-corrected chi connectivity index (χ0v) is 3.30. The SMILES string of the molecule is [CH]=C(F)CCl. The second-order valence-electron chi connectivity index (χ2n) is 0.580. The molecule has 5 heavy (non-hydrogen) atoms. The third-order valence-corrected chi connectivity index (χ3v) is 0.383. The lowest BCUT2D eigenvalue weighted by atomic mass is 10.7. The highest BCUT2D eigenvalue weighted by atomic mass is 35.5. The molecule has 0 aromatic rings. The van der Waals surface area contributed by atoms with E-state index in [-0.39, 0.29) is 5.88 Å². The summed E-state index contributed by atoms with van der Waals surface area (Å²) in [5, 5.41) is 0. The third-order valence-electron chi connectivity index (χ3n) is 0.128. The molecule has 0 amide bonds. The van der Waals surface area contributed by atoms with Crippen molar-refractivity contribution in [1.29, 1.82) is 0 Å². The zero-order valence-electron chi connectivity index (χ0n) is 2.54. The molecule has 29 valence electrons. The number of halogens is 2. The highest BCUT2D eigenvalue weighted by Crippen LogP contribution is 1.90. The van der Waals surface area contributed by atoms with Gasteiger partial charge in [0.05, 0.1) is 5.88 Å². The van der Waals surface area contributed by atoms with Crippen molar-refractivity contribution in [2.75, 3.05) is 5.88 Å². The predicted octanol–water partition coefficient (Wildman–Crippen LogP) is 1.51. The normalized spacial score (nSPS) is 7.60. The van der Waals surface area contributed by atoms with Crippen LogP contribution < -0.4 is 0 Å². The van der Waals surface area contributed by atoms with Gasteiger partial charge in [-0.1, -0.05) is 0 Å². The van der Waals surface area contributed by atoms with Gasteiger partial charge in [0, 0.05) is 0 Å². The van der Waals surface area contributed by atoms with Gasteiger partial charge in [0.2, 0.25) is 0 Å². The van der Waals surface area contributed by atoms with Crippen molar-refractivity contribution in [3.8, 4) is 0 Å². The maximum absolute atomic E-state index is 11.0. The van der Waals surface area contributed by atoms with Crippen molar-refractivity contribution in [3.05, 3.63) is 12.4 Å². The van der Waals surface area contributed by atoms with Crippen molar-refractivity contribution in [2.45, 2.75) is 0 Å². The summed E-state index contributed by atoms with van der Waals surface area (Å²) in [7, 11) is 0. The van der Waals surface area contributed by atoms with Crippen LogP contribution in [0.2, 0.25) is 0 Å². The fourth-order valence-corrected chi connectivity index (χ4v) is 0. The second-order valence-corrected chi connectivity index (χ2v) is 0.848. The summed E-state index contributed by atoms with van der Waals surface area (Å²) in [5.74, 6) is -0.924. The molecule has 1 radical (unpaired) electrons. The smallest absolute Gasteiger partial charge is 0.115 e. The van der Waals surface area contributed by atoms with Gasteiger partial charge in [0.25, 0.3) is 0 Å². The quantitative estimate of drug-likeness (QED) is 0.431. The van der Waals surface area contributed by atoms with Gasteiger partial charge in [-0.2, -0.15) is 0 Å². The van der Waals surface area contributed by atoms with Gasteiger partial charge in [0.1, 0.15) is 5.83 Å². The van der Waals surface area contributed by atoms with Gasteiger partial charge < -0.3 is 0 Å². The summed E-state index contributed by atoms with van der Waals surface area (Å²) in [6.07, 6.45) is 0. The van der Waals surface area contributed by atoms with Crippen LogP contribution in [-0.2, 0) is 0 Å². The summed E-state index contributed by atoms with van der Waals surface area (Å²) < 4.78 is 11.0. The van der Waals surface area contributed by atoms with E-state index >= 15 is 0 Å². The minimum Gasteiger partial charge on any atom is -0.210 e. The lowest BCUT2D eigenvalue weighted by Crippen LogP contribution is -1.63. The van der Waals surface area contributed by atoms with Crippen LogP contribution >= 0.6 is 11.6 Å². The first-order valence-electron chi connectivity index (χ1n) is 1.10. The van der Waals surface area contributed by atoms with E-state index in [0.29, 0.717) is 0 Å². The summed E-state index contributed by atoms with van der Waals surface area (Å²) in [4.78, 5) is 0. The van der Waals surface area contributed by atoms with Crippen molar-refractivity contribution >= 4 is 11.6 Å². The molecular weight excluding hydrogens is 90.5 g/mol. The Labute approximate surface area is 35.2 Å². The summed E-state index contributed by atoms with van der Waals surface area (Å²) >= 11 is 4.80. The summed E-state index contributed by atoms with van der Waals surface area (Å²) in [6, 6.07) is 0. The summed E-state index contributed by atoms with van der Waals surface area (Å²) in [5.41, 5.74) is 0. The van der Waals surface area contributed by atoms with Gasteiger partial charge in [-0.15, -0.1) is 11.6 Å². The molecule has 0 unspecified atom stereocenters. The van der Waals surface area contributed by atoms with Gasteiger partial charge >= 0.3 is 0 Å². The van der Waals surface area contributed by atoms with Crippen LogP contribution in [0.4, 0.5) is 4.39 Å². The zero-order chi connectivity index (χ0) is 4.28. The van der Waals surface area contributed by atoms with Crippen LogP contribution in [0.1, 0.15) is 0 Å². The van der Waals surface area contributed by atoms with E-state index in [9.17, 15) is 4.39 Å². The molecule has 2 heteroatoms. The molecular formula is C3H3ClF. The summed E-state index contributed by atoms with van der Waals surface area (Å²) in [6.45, 7) is 4.41. The van der Waals surface area contributed by atoms with Crippen molar-refractivity contribution < 1.29 is 4.39 Å². The van der Waals surface area contributed by atoms with E-state index < -0.39 is 5.83 Å². The van der Waals surface area contributed by atoms with E-state index in [1.807, 2.05) is 0 Å². The Hall–Kier alpha value is -0.0400. The average molecular weight is 93.5 g/mol. The third kappa shape index (κ3) is 3.96. The maximum atomic E-state index is 11.0. The molecule has 0 spiro atoms. The van der Waals surface area contributed by atoms with Crippen LogP contribution in [0.25, 0.3) is 0 Å². The molecule has 0 bridgehead atoms. The first-order chi connectivity index (χ1) is 2.27. The molecule has 0 atom stereocenters. The van der Waals surface area contributed by atoms with Crippen LogP contribution in [0, 0.1) is 6.58 Å². The number of alkyl halides is 1. The number of hydrogen-bond acceptors (Lipinski definition) is 0. The van der Waals surface area contributed by atoms with Crippen molar-refractivity contribution in [3.63, 3.8) is 0 Å². The number of hydrogen-bond donors (Lipinski definition) is 0. The first kappa shape index (κ1) is 4.96. The van der Waals surface area contributed by atoms with Crippen molar-refractivity contribution in [2.24, 2.45) is 0 Å². The lowest BCUT2D eigenvalue weighted by molar-refractivity contribution is 0.645. The molecule has 0 aromatic carbocycles. The maximum Gasteiger partial charge on any atom is 0.115 e. The topological polar surface area (TPSA) is 0 Å². The highest BCUT2D eigenvalue weighted by molar-refractivity contribution is 6.19. The van der Waals surface area contributed by atoms with Crippen LogP contribution in [0.3, 0.4) is 0 Å². The van der Waals surface area contributed by atoms with E-state index in [0.717, 1.165) is 0 Å². The molecule has 0 nitrogen and oxygen atoms in total. The Balaban J connectivity index is 2.85. The Kier molecular flexibility index (Phi) is 2.19. The molecule has 0 aromatic heterocycles. The first-order valence-corrected chi connectivity index (χ1v) is 1.63. The highest BCUT2D eigenvalue weighted by Gasteiger charge is 1.77. The molecule has 0 heterocycles. The Morgan fingerprint density at radius 3 is 2.20 bits per heavy atom. The Morgan fingerprint density at radius 1 is 2.00 bits per heavy atom. The van der Waals surface area contributed by atoms with Crippen LogP contribution in [0.15, 0.2) is 5.83 Å². The Morgan fingerprint density at radius 2 is 2.20 bits per heavy atom. The minimum absolute atomic E-state index is 0.194. The molecule has 0 aliphatic heterocycles. The van der Waals surface area contributed by atoms with Gasteiger partial charge in [-0.3, -0.25) is 0 Å². The fourth-order valence-electron chi connectivity index (χ4n) is 0. The van der Waals surface area contributed by atoms with E-state index in [1.54, 1.807) is 0 Å². The van der Waals surface area contributed by atoms with E-state index in [1.165, 1.54) is 0 Å². The Bertz CT molecular complexity index is 42.2. The molecule has 0 aliphatic carbocycles. The lowest BCUT2D eigenvalue weighted by Gasteiger charge is -1.71. The van der Waals surface area contributed by atoms with E-state index in [2.05, 4.69) is 6.58 Å². The molecule has 0 saturated heterocycles. The number of rotatable bonds is 1. The molecule has 0 aliphatic rings. The molecule has 0 saturated carbocycles. The van der Waals surface area contributed by atoms with Crippen LogP contribution in [-0.4, -0.2) is 5.88 Å². The second kappa shape index (κ2) is 2.21. The standard InChI is InChI=1S/C3H3ClF/c1-3(5)2-4/h1H,2H2. The van der Waals surface area contributed by atoms with Gasteiger partial charge in [-0.05, 0) is 6.58 Å². The van der Waals surface area contributed by atoms with Crippen molar-refractivity contribution in [1.82, 2.24) is 0 Å². The van der Waals surface area contributed by atoms with Crippen LogP contribution in [0.5, 0.6) is 0 Å². The molecule has 0 rings (SSSR count). The predicted molar refractivity (Wildman–Crippen MR) is 19.6 cm³/mol. The van der Waals surface area contributed by atoms with E-state index in [4.69, 9.17) is 11.6 Å². The molecule has 0 fully saturated rings. The average Bonchev–Trinajstić information content (AvgIpc) is 1.38. The minimum atomic E-state index is -0.730. The van der Waals surface area contributed by atoms with Gasteiger partial charge in [0.15, 0.2) is 0 Å². The number of allylic oxidation sites excluding steroid dienone is 1. The molecule has 0 N–H and O–H groups in total. The monoisotopic (exact) mass is 93.0 g/mol. The largest absolute Gasteiger partial charge is 0.210 e.